The van der Waals surface area contributed by atoms with Gasteiger partial charge in [-0.15, -0.1) is 0 Å². The lowest BCUT2D eigenvalue weighted by Crippen LogP contribution is -2.41. The molecule has 25 heavy (non-hydrogen) atoms. The Morgan fingerprint density at radius 1 is 0.720 bits per heavy atom. The number of rotatable bonds is 4. The van der Waals surface area contributed by atoms with E-state index in [0.29, 0.717) is 11.8 Å². The summed E-state index contributed by atoms with van der Waals surface area (Å²) in [6.45, 7) is 13.5. The van der Waals surface area contributed by atoms with Crippen LogP contribution in [0.5, 0.6) is 0 Å². The number of fused-ring (bicyclic) bond motifs is 4. The minimum Gasteiger partial charge on any atom is -0.244 e. The SMILES string of the molecule is CC1(C)C2CCC1(C)[C@@H](OS(=O)(=O)O[C@H]1CC3CCC1(C)C3(C)C)C2. The molecule has 0 aromatic heterocycles. The Morgan fingerprint density at radius 3 is 1.32 bits per heavy atom. The predicted molar refractivity (Wildman–Crippen MR) is 97.1 cm³/mol. The first kappa shape index (κ1) is 18.2. The van der Waals surface area contributed by atoms with Gasteiger partial charge in [0.05, 0.1) is 12.2 Å². The zero-order chi connectivity index (χ0) is 18.5. The van der Waals surface area contributed by atoms with Crippen molar-refractivity contribution < 1.29 is 16.8 Å². The van der Waals surface area contributed by atoms with Crippen LogP contribution in [0.15, 0.2) is 0 Å². The topological polar surface area (TPSA) is 52.6 Å². The normalized spacial score (nSPS) is 49.8. The highest BCUT2D eigenvalue weighted by Gasteiger charge is 2.65. The molecule has 4 rings (SSSR count). The molecule has 0 heterocycles. The molecule has 0 aromatic rings. The van der Waals surface area contributed by atoms with E-state index in [1.165, 1.54) is 12.8 Å². The van der Waals surface area contributed by atoms with Gasteiger partial charge in [0.25, 0.3) is 0 Å². The fourth-order valence-corrected chi connectivity index (χ4v) is 8.06. The molecule has 4 saturated carbocycles. The maximum absolute atomic E-state index is 12.8. The van der Waals surface area contributed by atoms with Gasteiger partial charge in [-0.2, -0.15) is 8.42 Å². The Labute approximate surface area is 153 Å². The largest absolute Gasteiger partial charge is 0.400 e. The third-order valence-corrected chi connectivity index (χ3v) is 10.8. The maximum atomic E-state index is 12.8. The van der Waals surface area contributed by atoms with Crippen LogP contribution < -0.4 is 0 Å². The van der Waals surface area contributed by atoms with Crippen molar-refractivity contribution in [1.29, 1.82) is 0 Å². The van der Waals surface area contributed by atoms with Crippen LogP contribution in [0.25, 0.3) is 0 Å². The molecule has 4 unspecified atom stereocenters. The van der Waals surface area contributed by atoms with Crippen molar-refractivity contribution in [2.24, 2.45) is 33.5 Å². The summed E-state index contributed by atoms with van der Waals surface area (Å²) in [6.07, 6.45) is 5.63. The van der Waals surface area contributed by atoms with Crippen LogP contribution in [0.4, 0.5) is 0 Å². The molecule has 0 amide bonds. The first-order valence-corrected chi connectivity index (χ1v) is 11.3. The van der Waals surface area contributed by atoms with Gasteiger partial charge >= 0.3 is 10.4 Å². The monoisotopic (exact) mass is 370 g/mol. The second-order valence-electron chi connectivity index (χ2n) is 10.8. The summed E-state index contributed by atoms with van der Waals surface area (Å²) in [5, 5.41) is 0. The minimum absolute atomic E-state index is 0.0774. The Bertz CT molecular complexity index is 630. The molecule has 4 fully saturated rings. The van der Waals surface area contributed by atoms with E-state index in [9.17, 15) is 8.42 Å². The van der Waals surface area contributed by atoms with Crippen molar-refractivity contribution in [3.05, 3.63) is 0 Å². The van der Waals surface area contributed by atoms with Gasteiger partial charge < -0.3 is 0 Å². The van der Waals surface area contributed by atoms with Gasteiger partial charge in [0.1, 0.15) is 0 Å². The molecule has 0 spiro atoms. The molecule has 4 nitrogen and oxygen atoms in total. The lowest BCUT2D eigenvalue weighted by Gasteiger charge is -2.40. The van der Waals surface area contributed by atoms with E-state index in [0.717, 1.165) is 25.7 Å². The second-order valence-corrected chi connectivity index (χ2v) is 12.0. The smallest absolute Gasteiger partial charge is 0.244 e. The third kappa shape index (κ3) is 2.21. The van der Waals surface area contributed by atoms with Gasteiger partial charge in [-0.05, 0) is 61.2 Å². The van der Waals surface area contributed by atoms with Crippen LogP contribution in [0.1, 0.15) is 80.1 Å². The molecule has 4 aliphatic rings. The lowest BCUT2D eigenvalue weighted by atomic mass is 9.70. The Balaban J connectivity index is 1.50. The molecule has 0 aliphatic heterocycles. The minimum atomic E-state index is -3.97. The van der Waals surface area contributed by atoms with E-state index >= 15 is 0 Å². The van der Waals surface area contributed by atoms with Crippen molar-refractivity contribution in [3.63, 3.8) is 0 Å². The number of hydrogen-bond acceptors (Lipinski definition) is 4. The van der Waals surface area contributed by atoms with E-state index in [1.807, 2.05) is 0 Å². The molecule has 0 radical (unpaired) electrons. The first-order chi connectivity index (χ1) is 11.3. The fourth-order valence-electron chi connectivity index (χ4n) is 6.86. The molecular formula is C20H34O4S. The van der Waals surface area contributed by atoms with Gasteiger partial charge in [-0.25, -0.2) is 8.37 Å². The summed E-state index contributed by atoms with van der Waals surface area (Å²) >= 11 is 0. The van der Waals surface area contributed by atoms with Crippen LogP contribution in [0, 0.1) is 33.5 Å². The standard InChI is InChI=1S/C20H34O4S/c1-17(2)13-7-9-19(17,5)15(11-13)23-25(21,22)24-16-12-14-8-10-20(16,6)18(14,3)4/h13-16H,7-12H2,1-6H3/t13?,14?,15-,16-,19?,20?/m0/s1. The Hall–Kier alpha value is -0.130. The van der Waals surface area contributed by atoms with Crippen molar-refractivity contribution in [3.8, 4) is 0 Å². The molecule has 4 bridgehead atoms. The van der Waals surface area contributed by atoms with Gasteiger partial charge in [0.2, 0.25) is 0 Å². The molecule has 0 aromatic carbocycles. The predicted octanol–water partition coefficient (Wildman–Crippen LogP) is 4.69. The van der Waals surface area contributed by atoms with Crippen molar-refractivity contribution >= 4 is 10.4 Å². The van der Waals surface area contributed by atoms with Crippen LogP contribution in [0.3, 0.4) is 0 Å². The summed E-state index contributed by atoms with van der Waals surface area (Å²) in [5.41, 5.74) is 0.110. The Morgan fingerprint density at radius 2 is 1.08 bits per heavy atom. The summed E-state index contributed by atoms with van der Waals surface area (Å²) in [4.78, 5) is 0. The quantitative estimate of drug-likeness (QED) is 0.720. The summed E-state index contributed by atoms with van der Waals surface area (Å²) < 4.78 is 36.9. The number of hydrogen-bond donors (Lipinski definition) is 0. The van der Waals surface area contributed by atoms with Crippen LogP contribution in [0.2, 0.25) is 0 Å². The van der Waals surface area contributed by atoms with Crippen molar-refractivity contribution in [2.45, 2.75) is 92.3 Å². The Kier molecular flexibility index (Phi) is 3.66. The highest BCUT2D eigenvalue weighted by molar-refractivity contribution is 7.81. The summed E-state index contributed by atoms with van der Waals surface area (Å²) in [6, 6.07) is 0. The second kappa shape index (κ2) is 5.02. The van der Waals surface area contributed by atoms with E-state index < -0.39 is 10.4 Å². The zero-order valence-corrected chi connectivity index (χ0v) is 17.4. The molecule has 0 N–H and O–H groups in total. The molecule has 144 valence electrons. The average molecular weight is 371 g/mol. The molecular weight excluding hydrogens is 336 g/mol. The van der Waals surface area contributed by atoms with Gasteiger partial charge in [-0.1, -0.05) is 41.5 Å². The highest BCUT2D eigenvalue weighted by atomic mass is 32.3. The molecule has 4 aliphatic carbocycles. The lowest BCUT2D eigenvalue weighted by molar-refractivity contribution is -0.00800. The third-order valence-electron chi connectivity index (χ3n) is 9.90. The van der Waals surface area contributed by atoms with Gasteiger partial charge in [0.15, 0.2) is 0 Å². The van der Waals surface area contributed by atoms with Gasteiger partial charge in [0, 0.05) is 10.8 Å². The van der Waals surface area contributed by atoms with E-state index in [1.54, 1.807) is 0 Å². The summed E-state index contributed by atoms with van der Waals surface area (Å²) in [7, 11) is -3.97. The molecule has 0 saturated heterocycles. The van der Waals surface area contributed by atoms with Crippen LogP contribution in [-0.4, -0.2) is 20.6 Å². The van der Waals surface area contributed by atoms with Crippen molar-refractivity contribution in [1.82, 2.24) is 0 Å². The zero-order valence-electron chi connectivity index (χ0n) is 16.6. The van der Waals surface area contributed by atoms with Gasteiger partial charge in [-0.3, -0.25) is 0 Å². The maximum Gasteiger partial charge on any atom is 0.400 e. The average Bonchev–Trinajstić information content (AvgIpc) is 2.98. The molecule has 6 atom stereocenters. The molecule has 5 heteroatoms. The van der Waals surface area contributed by atoms with E-state index in [4.69, 9.17) is 8.37 Å². The van der Waals surface area contributed by atoms with E-state index in [-0.39, 0.29) is 33.9 Å². The fraction of sp³-hybridized carbons (Fsp3) is 1.00. The van der Waals surface area contributed by atoms with Crippen LogP contribution in [-0.2, 0) is 18.8 Å². The highest BCUT2D eigenvalue weighted by Crippen LogP contribution is 2.68. The first-order valence-electron chi connectivity index (χ1n) is 9.95. The van der Waals surface area contributed by atoms with E-state index in [2.05, 4.69) is 41.5 Å². The van der Waals surface area contributed by atoms with Crippen molar-refractivity contribution in [2.75, 3.05) is 0 Å². The summed E-state index contributed by atoms with van der Waals surface area (Å²) in [5.74, 6) is 1.10. The van der Waals surface area contributed by atoms with Crippen LogP contribution >= 0.6 is 0 Å².